The molecular formula is C13H10BrClN2S. The number of halogens is 2. The molecule has 2 rings (SSSR count). The first kappa shape index (κ1) is 13.4. The van der Waals surface area contributed by atoms with E-state index in [0.29, 0.717) is 10.6 Å². The molecule has 18 heavy (non-hydrogen) atoms. The fourth-order valence-corrected chi connectivity index (χ4v) is 3.25. The highest BCUT2D eigenvalue weighted by Crippen LogP contribution is 2.30. The fourth-order valence-electron chi connectivity index (χ4n) is 1.56. The lowest BCUT2D eigenvalue weighted by molar-refractivity contribution is 0.907. The summed E-state index contributed by atoms with van der Waals surface area (Å²) in [5.41, 5.74) is 1.41. The number of nitriles is 1. The second-order valence-electron chi connectivity index (χ2n) is 3.84. The fraction of sp³-hybridized carbons (Fsp3) is 0.154. The van der Waals surface area contributed by atoms with Crippen molar-refractivity contribution < 1.29 is 0 Å². The zero-order valence-electron chi connectivity index (χ0n) is 9.58. The van der Waals surface area contributed by atoms with Crippen LogP contribution in [0.2, 0.25) is 5.02 Å². The number of rotatable bonds is 3. The molecule has 0 saturated carbocycles. The Bertz CT molecular complexity index is 603. The Hall–Kier alpha value is -1.02. The zero-order chi connectivity index (χ0) is 13.1. The molecule has 5 heteroatoms. The number of nitrogens with one attached hydrogen (secondary N) is 1. The monoisotopic (exact) mass is 340 g/mol. The van der Waals surface area contributed by atoms with Gasteiger partial charge in [0.1, 0.15) is 0 Å². The van der Waals surface area contributed by atoms with Crippen molar-refractivity contribution >= 4 is 44.6 Å². The maximum absolute atomic E-state index is 8.78. The standard InChI is InChI=1S/C13H10BrClN2S/c1-8(13-5-10(14)7-18-13)17-12-3-2-9(6-16)4-11(12)15/h2-5,7-8,17H,1H3. The Labute approximate surface area is 123 Å². The molecule has 0 aliphatic heterocycles. The molecule has 0 saturated heterocycles. The summed E-state index contributed by atoms with van der Waals surface area (Å²) in [6.07, 6.45) is 0. The molecular weight excluding hydrogens is 332 g/mol. The third kappa shape index (κ3) is 3.05. The second kappa shape index (κ2) is 5.75. The highest BCUT2D eigenvalue weighted by atomic mass is 79.9. The molecule has 0 radical (unpaired) electrons. The van der Waals surface area contributed by atoms with Crippen molar-refractivity contribution in [2.75, 3.05) is 5.32 Å². The van der Waals surface area contributed by atoms with E-state index in [1.165, 1.54) is 4.88 Å². The van der Waals surface area contributed by atoms with E-state index in [2.05, 4.69) is 40.3 Å². The van der Waals surface area contributed by atoms with Crippen LogP contribution in [0.25, 0.3) is 0 Å². The number of hydrogen-bond acceptors (Lipinski definition) is 3. The number of anilines is 1. The molecule has 0 bridgehead atoms. The Balaban J connectivity index is 2.17. The molecule has 2 aromatic rings. The molecule has 2 nitrogen and oxygen atoms in total. The van der Waals surface area contributed by atoms with Crippen molar-refractivity contribution in [1.82, 2.24) is 0 Å². The van der Waals surface area contributed by atoms with Gasteiger partial charge in [0.15, 0.2) is 0 Å². The molecule has 92 valence electrons. The van der Waals surface area contributed by atoms with Gasteiger partial charge < -0.3 is 5.32 Å². The zero-order valence-corrected chi connectivity index (χ0v) is 12.7. The molecule has 0 fully saturated rings. The van der Waals surface area contributed by atoms with Crippen LogP contribution in [0.1, 0.15) is 23.4 Å². The SMILES string of the molecule is CC(Nc1ccc(C#N)cc1Cl)c1cc(Br)cs1. The van der Waals surface area contributed by atoms with Crippen LogP contribution in [0.4, 0.5) is 5.69 Å². The van der Waals surface area contributed by atoms with Crippen molar-refractivity contribution in [2.24, 2.45) is 0 Å². The Kier molecular flexibility index (Phi) is 4.28. The van der Waals surface area contributed by atoms with Crippen LogP contribution >= 0.6 is 38.9 Å². The molecule has 0 spiro atoms. The lowest BCUT2D eigenvalue weighted by Crippen LogP contribution is -2.05. The highest BCUT2D eigenvalue weighted by molar-refractivity contribution is 9.10. The van der Waals surface area contributed by atoms with Gasteiger partial charge in [-0.1, -0.05) is 11.6 Å². The Morgan fingerprint density at radius 2 is 2.22 bits per heavy atom. The normalized spacial score (nSPS) is 11.9. The van der Waals surface area contributed by atoms with E-state index in [9.17, 15) is 0 Å². The van der Waals surface area contributed by atoms with E-state index < -0.39 is 0 Å². The van der Waals surface area contributed by atoms with Gasteiger partial charge in [0.2, 0.25) is 0 Å². The number of benzene rings is 1. The first-order chi connectivity index (χ1) is 8.60. The highest BCUT2D eigenvalue weighted by Gasteiger charge is 2.10. The minimum absolute atomic E-state index is 0.173. The predicted molar refractivity (Wildman–Crippen MR) is 80.2 cm³/mol. The lowest BCUT2D eigenvalue weighted by Gasteiger charge is -2.15. The molecule has 1 aromatic heterocycles. The average Bonchev–Trinajstić information content (AvgIpc) is 2.78. The van der Waals surface area contributed by atoms with Crippen LogP contribution in [0.15, 0.2) is 34.1 Å². The first-order valence-corrected chi connectivity index (χ1v) is 7.35. The smallest absolute Gasteiger partial charge is 0.0992 e. The van der Waals surface area contributed by atoms with Crippen molar-refractivity contribution in [3.63, 3.8) is 0 Å². The van der Waals surface area contributed by atoms with Crippen LogP contribution in [0.3, 0.4) is 0 Å². The van der Waals surface area contributed by atoms with Crippen LogP contribution in [-0.2, 0) is 0 Å². The van der Waals surface area contributed by atoms with Crippen molar-refractivity contribution in [3.05, 3.63) is 49.6 Å². The van der Waals surface area contributed by atoms with Gasteiger partial charge in [-0.2, -0.15) is 5.26 Å². The summed E-state index contributed by atoms with van der Waals surface area (Å²) in [6.45, 7) is 2.08. The molecule has 0 aliphatic rings. The summed E-state index contributed by atoms with van der Waals surface area (Å²) in [4.78, 5) is 1.22. The van der Waals surface area contributed by atoms with Crippen molar-refractivity contribution in [1.29, 1.82) is 5.26 Å². The second-order valence-corrected chi connectivity index (χ2v) is 6.11. The molecule has 1 atom stereocenters. The van der Waals surface area contributed by atoms with E-state index in [1.54, 1.807) is 23.5 Å². The third-order valence-electron chi connectivity index (χ3n) is 2.48. The summed E-state index contributed by atoms with van der Waals surface area (Å²) in [7, 11) is 0. The minimum Gasteiger partial charge on any atom is -0.377 e. The van der Waals surface area contributed by atoms with Crippen LogP contribution < -0.4 is 5.32 Å². The van der Waals surface area contributed by atoms with Crippen LogP contribution in [0.5, 0.6) is 0 Å². The molecule has 1 heterocycles. The van der Waals surface area contributed by atoms with Gasteiger partial charge in [0.05, 0.1) is 28.4 Å². The summed E-state index contributed by atoms with van der Waals surface area (Å²) >= 11 is 11.3. The van der Waals surface area contributed by atoms with Gasteiger partial charge in [-0.3, -0.25) is 0 Å². The summed E-state index contributed by atoms with van der Waals surface area (Å²) in [6, 6.07) is 9.58. The maximum atomic E-state index is 8.78. The van der Waals surface area contributed by atoms with E-state index >= 15 is 0 Å². The molecule has 0 aliphatic carbocycles. The lowest BCUT2D eigenvalue weighted by atomic mass is 10.2. The van der Waals surface area contributed by atoms with E-state index in [4.69, 9.17) is 16.9 Å². The van der Waals surface area contributed by atoms with Crippen molar-refractivity contribution in [3.8, 4) is 6.07 Å². The summed E-state index contributed by atoms with van der Waals surface area (Å²) in [5.74, 6) is 0. The van der Waals surface area contributed by atoms with Gasteiger partial charge in [0, 0.05) is 14.7 Å². The molecule has 1 unspecified atom stereocenters. The molecule has 1 N–H and O–H groups in total. The molecule has 0 amide bonds. The third-order valence-corrected chi connectivity index (χ3v) is 4.67. The average molecular weight is 342 g/mol. The van der Waals surface area contributed by atoms with E-state index in [-0.39, 0.29) is 6.04 Å². The van der Waals surface area contributed by atoms with Crippen LogP contribution in [-0.4, -0.2) is 0 Å². The van der Waals surface area contributed by atoms with Gasteiger partial charge >= 0.3 is 0 Å². The number of nitrogens with zero attached hydrogens (tertiary/aromatic N) is 1. The maximum Gasteiger partial charge on any atom is 0.0992 e. The van der Waals surface area contributed by atoms with Crippen molar-refractivity contribution in [2.45, 2.75) is 13.0 Å². The van der Waals surface area contributed by atoms with Gasteiger partial charge in [-0.25, -0.2) is 0 Å². The van der Waals surface area contributed by atoms with E-state index in [0.717, 1.165) is 10.2 Å². The largest absolute Gasteiger partial charge is 0.377 e. The predicted octanol–water partition coefficient (Wildman–Crippen LogP) is 5.21. The summed E-state index contributed by atoms with van der Waals surface area (Å²) < 4.78 is 1.09. The van der Waals surface area contributed by atoms with Gasteiger partial charge in [-0.05, 0) is 47.1 Å². The minimum atomic E-state index is 0.173. The molecule has 1 aromatic carbocycles. The number of thiophene rings is 1. The van der Waals surface area contributed by atoms with Gasteiger partial charge in [-0.15, -0.1) is 11.3 Å². The van der Waals surface area contributed by atoms with Crippen LogP contribution in [0, 0.1) is 11.3 Å². The van der Waals surface area contributed by atoms with Gasteiger partial charge in [0.25, 0.3) is 0 Å². The first-order valence-electron chi connectivity index (χ1n) is 5.30. The topological polar surface area (TPSA) is 35.8 Å². The number of hydrogen-bond donors (Lipinski definition) is 1. The Morgan fingerprint density at radius 3 is 2.78 bits per heavy atom. The Morgan fingerprint density at radius 1 is 1.44 bits per heavy atom. The van der Waals surface area contributed by atoms with E-state index in [1.807, 2.05) is 11.4 Å². The quantitative estimate of drug-likeness (QED) is 0.832. The summed E-state index contributed by atoms with van der Waals surface area (Å²) in [5, 5.41) is 14.7.